The number of nitrogens with one attached hydrogen (secondary N) is 2. The Morgan fingerprint density at radius 1 is 0.783 bits per heavy atom. The Kier molecular flexibility index (Phi) is 4.96. The third-order valence-corrected chi connectivity index (χ3v) is 5.83. The molecule has 0 atom stereocenters. The highest BCUT2D eigenvalue weighted by molar-refractivity contribution is 7.93. The van der Waals surface area contributed by atoms with Gasteiger partial charge in [-0.1, -0.05) is 17.7 Å². The van der Waals surface area contributed by atoms with Crippen molar-refractivity contribution in [2.45, 2.75) is 18.7 Å². The number of aryl methyl sites for hydroxylation is 1. The molecule has 0 fully saturated rings. The van der Waals surface area contributed by atoms with Gasteiger partial charge in [-0.25, -0.2) is 16.8 Å². The summed E-state index contributed by atoms with van der Waals surface area (Å²) in [5, 5.41) is 0. The molecule has 0 heterocycles. The molecule has 8 heteroatoms. The maximum absolute atomic E-state index is 12.3. The minimum Gasteiger partial charge on any atom is -0.284 e. The van der Waals surface area contributed by atoms with E-state index in [1.54, 1.807) is 12.1 Å². The van der Waals surface area contributed by atoms with Gasteiger partial charge in [0.15, 0.2) is 0 Å². The molecule has 0 saturated heterocycles. The van der Waals surface area contributed by atoms with Crippen LogP contribution in [0.5, 0.6) is 0 Å². The summed E-state index contributed by atoms with van der Waals surface area (Å²) < 4.78 is 52.3. The van der Waals surface area contributed by atoms with Gasteiger partial charge in [-0.15, -0.1) is 0 Å². The van der Waals surface area contributed by atoms with Crippen LogP contribution in [0.25, 0.3) is 0 Å². The molecule has 0 aliphatic carbocycles. The Morgan fingerprint density at radius 3 is 1.74 bits per heavy atom. The van der Waals surface area contributed by atoms with Crippen LogP contribution in [0.15, 0.2) is 53.4 Å². The fourth-order valence-electron chi connectivity index (χ4n) is 1.79. The van der Waals surface area contributed by atoms with Crippen LogP contribution in [0, 0.1) is 6.92 Å². The van der Waals surface area contributed by atoms with Gasteiger partial charge in [-0.3, -0.25) is 9.44 Å². The maximum Gasteiger partial charge on any atom is 0.261 e. The van der Waals surface area contributed by atoms with E-state index in [-0.39, 0.29) is 10.6 Å². The fourth-order valence-corrected chi connectivity index (χ4v) is 3.49. The predicted molar refractivity (Wildman–Crippen MR) is 91.5 cm³/mol. The van der Waals surface area contributed by atoms with Gasteiger partial charge in [0.05, 0.1) is 10.6 Å². The van der Waals surface area contributed by atoms with Crippen molar-refractivity contribution in [2.24, 2.45) is 0 Å². The largest absolute Gasteiger partial charge is 0.284 e. The third-order valence-electron chi connectivity index (χ3n) is 3.12. The third kappa shape index (κ3) is 4.70. The van der Waals surface area contributed by atoms with Crippen LogP contribution in [-0.2, 0) is 20.0 Å². The summed E-state index contributed by atoms with van der Waals surface area (Å²) in [6.45, 7) is 3.41. The minimum absolute atomic E-state index is 0.0329. The number of rotatable bonds is 6. The molecule has 6 nitrogen and oxygen atoms in total. The van der Waals surface area contributed by atoms with E-state index in [9.17, 15) is 16.8 Å². The smallest absolute Gasteiger partial charge is 0.261 e. The van der Waals surface area contributed by atoms with Gasteiger partial charge in [-0.05, 0) is 50.2 Å². The second kappa shape index (κ2) is 6.59. The molecule has 124 valence electrons. The van der Waals surface area contributed by atoms with Gasteiger partial charge < -0.3 is 0 Å². The average Bonchev–Trinajstić information content (AvgIpc) is 2.49. The molecule has 2 aromatic carbocycles. The maximum atomic E-state index is 12.3. The molecule has 2 aromatic rings. The zero-order valence-corrected chi connectivity index (χ0v) is 14.4. The average molecular weight is 354 g/mol. The molecular formula is C15H18N2O4S2. The van der Waals surface area contributed by atoms with Crippen LogP contribution in [0.1, 0.15) is 12.5 Å². The van der Waals surface area contributed by atoms with Gasteiger partial charge in [-0.2, -0.15) is 0 Å². The van der Waals surface area contributed by atoms with E-state index >= 15 is 0 Å². The first-order valence-corrected chi connectivity index (χ1v) is 10.1. The molecule has 0 aliphatic heterocycles. The van der Waals surface area contributed by atoms with Crippen molar-refractivity contribution in [3.63, 3.8) is 0 Å². The highest BCUT2D eigenvalue weighted by atomic mass is 32.2. The van der Waals surface area contributed by atoms with Crippen LogP contribution in [0.3, 0.4) is 0 Å². The summed E-state index contributed by atoms with van der Waals surface area (Å²) in [6, 6.07) is 12.5. The predicted octanol–water partition coefficient (Wildman–Crippen LogP) is 2.56. The van der Waals surface area contributed by atoms with Crippen LogP contribution in [0.4, 0.5) is 11.4 Å². The van der Waals surface area contributed by atoms with Gasteiger partial charge >= 0.3 is 0 Å². The Bertz CT molecular complexity index is 872. The number of sulfonamides is 2. The molecule has 2 rings (SSSR count). The summed E-state index contributed by atoms with van der Waals surface area (Å²) in [5.41, 5.74) is 1.70. The molecule has 0 bridgehead atoms. The summed E-state index contributed by atoms with van der Waals surface area (Å²) in [6.07, 6.45) is 0. The van der Waals surface area contributed by atoms with Gasteiger partial charge in [0.2, 0.25) is 10.0 Å². The second-order valence-electron chi connectivity index (χ2n) is 5.00. The Balaban J connectivity index is 2.16. The van der Waals surface area contributed by atoms with E-state index < -0.39 is 20.0 Å². The molecule has 0 amide bonds. The highest BCUT2D eigenvalue weighted by Gasteiger charge is 2.14. The Labute approximate surface area is 136 Å². The van der Waals surface area contributed by atoms with Crippen molar-refractivity contribution in [3.05, 3.63) is 54.1 Å². The standard InChI is InChI=1S/C15H18N2O4S2/c1-3-22(18,19)16-13-6-8-14(9-7-13)17-23(20,21)15-10-4-12(2)5-11-15/h4-11,16-17H,3H2,1-2H3. The summed E-state index contributed by atoms with van der Waals surface area (Å²) in [7, 11) is -7.03. The van der Waals surface area contributed by atoms with E-state index in [2.05, 4.69) is 9.44 Å². The van der Waals surface area contributed by atoms with Crippen molar-refractivity contribution in [3.8, 4) is 0 Å². The van der Waals surface area contributed by atoms with Gasteiger partial charge in [0.25, 0.3) is 10.0 Å². The quantitative estimate of drug-likeness (QED) is 0.834. The Morgan fingerprint density at radius 2 is 1.26 bits per heavy atom. The van der Waals surface area contributed by atoms with E-state index in [0.717, 1.165) is 5.56 Å². The molecule has 0 saturated carbocycles. The van der Waals surface area contributed by atoms with Crippen molar-refractivity contribution >= 4 is 31.4 Å². The zero-order chi connectivity index (χ0) is 17.1. The van der Waals surface area contributed by atoms with E-state index in [4.69, 9.17) is 0 Å². The lowest BCUT2D eigenvalue weighted by molar-refractivity contribution is 0.600. The van der Waals surface area contributed by atoms with Gasteiger partial charge in [0, 0.05) is 11.4 Å². The fraction of sp³-hybridized carbons (Fsp3) is 0.200. The van der Waals surface area contributed by atoms with Crippen molar-refractivity contribution in [1.82, 2.24) is 0 Å². The lowest BCUT2D eigenvalue weighted by Gasteiger charge is -2.10. The molecule has 2 N–H and O–H groups in total. The van der Waals surface area contributed by atoms with Crippen LogP contribution in [-0.4, -0.2) is 22.6 Å². The molecule has 23 heavy (non-hydrogen) atoms. The van der Waals surface area contributed by atoms with Crippen molar-refractivity contribution in [2.75, 3.05) is 15.2 Å². The van der Waals surface area contributed by atoms with Crippen LogP contribution >= 0.6 is 0 Å². The first-order valence-electron chi connectivity index (χ1n) is 6.92. The molecule has 0 radical (unpaired) electrons. The SMILES string of the molecule is CCS(=O)(=O)Nc1ccc(NS(=O)(=O)c2ccc(C)cc2)cc1. The molecule has 0 aromatic heterocycles. The number of anilines is 2. The van der Waals surface area contributed by atoms with Crippen LogP contribution in [0.2, 0.25) is 0 Å². The van der Waals surface area contributed by atoms with Crippen LogP contribution < -0.4 is 9.44 Å². The Hall–Kier alpha value is -2.06. The zero-order valence-electron chi connectivity index (χ0n) is 12.8. The number of benzene rings is 2. The lowest BCUT2D eigenvalue weighted by atomic mass is 10.2. The minimum atomic E-state index is -3.67. The van der Waals surface area contributed by atoms with E-state index in [1.807, 2.05) is 6.92 Å². The van der Waals surface area contributed by atoms with E-state index in [0.29, 0.717) is 11.4 Å². The van der Waals surface area contributed by atoms with E-state index in [1.165, 1.54) is 43.3 Å². The number of hydrogen-bond donors (Lipinski definition) is 2. The number of hydrogen-bond acceptors (Lipinski definition) is 4. The first kappa shape index (κ1) is 17.3. The molecule has 0 unspecified atom stereocenters. The first-order chi connectivity index (χ1) is 10.7. The summed E-state index contributed by atoms with van der Waals surface area (Å²) >= 11 is 0. The van der Waals surface area contributed by atoms with Gasteiger partial charge in [0.1, 0.15) is 0 Å². The monoisotopic (exact) mass is 354 g/mol. The lowest BCUT2D eigenvalue weighted by Crippen LogP contribution is -2.15. The summed E-state index contributed by atoms with van der Waals surface area (Å²) in [4.78, 5) is 0.166. The summed E-state index contributed by atoms with van der Waals surface area (Å²) in [5.74, 6) is -0.0329. The highest BCUT2D eigenvalue weighted by Crippen LogP contribution is 2.19. The molecule has 0 aliphatic rings. The second-order valence-corrected chi connectivity index (χ2v) is 8.69. The van der Waals surface area contributed by atoms with Crippen molar-refractivity contribution < 1.29 is 16.8 Å². The molecule has 0 spiro atoms. The normalized spacial score (nSPS) is 11.9. The topological polar surface area (TPSA) is 92.3 Å². The molecular weight excluding hydrogens is 336 g/mol. The van der Waals surface area contributed by atoms with Crippen molar-refractivity contribution in [1.29, 1.82) is 0 Å².